The van der Waals surface area contributed by atoms with E-state index in [1.54, 1.807) is 0 Å². The van der Waals surface area contributed by atoms with Crippen LogP contribution in [-0.4, -0.2) is 0 Å². The Kier molecular flexibility index (Phi) is 6.18. The van der Waals surface area contributed by atoms with Crippen LogP contribution in [0.5, 0.6) is 0 Å². The SMILES string of the molecule is c1ccc(-c2cc(N(c3ccccc3)c3cccc4oc5ccccc5c34)ccc2-c2ccc3ccc4oc5ccccc5c4c3c2)cc1. The Morgan fingerprint density at radius 3 is 1.76 bits per heavy atom. The first kappa shape index (κ1) is 27.5. The molecular weight excluding hydrogens is 599 g/mol. The molecule has 49 heavy (non-hydrogen) atoms. The van der Waals surface area contributed by atoms with Crippen molar-refractivity contribution >= 4 is 71.7 Å². The summed E-state index contributed by atoms with van der Waals surface area (Å²) >= 11 is 0. The van der Waals surface area contributed by atoms with Gasteiger partial charge in [-0.3, -0.25) is 0 Å². The highest BCUT2D eigenvalue weighted by Gasteiger charge is 2.21. The van der Waals surface area contributed by atoms with Crippen LogP contribution >= 0.6 is 0 Å². The number of para-hydroxylation sites is 3. The topological polar surface area (TPSA) is 29.5 Å². The summed E-state index contributed by atoms with van der Waals surface area (Å²) in [5, 5.41) is 6.87. The number of nitrogens with zero attached hydrogens (tertiary/aromatic N) is 1. The van der Waals surface area contributed by atoms with Crippen LogP contribution < -0.4 is 4.90 Å². The van der Waals surface area contributed by atoms with E-state index in [-0.39, 0.29) is 0 Å². The number of benzene rings is 8. The fourth-order valence-corrected chi connectivity index (χ4v) is 7.44. The summed E-state index contributed by atoms with van der Waals surface area (Å²) in [4.78, 5) is 2.35. The highest BCUT2D eigenvalue weighted by Crippen LogP contribution is 2.45. The standard InChI is InChI=1S/C46H29NO2/c1-3-12-30(13-4-1)38-29-34(47(33-14-5-2-6-15-33)40-18-11-21-43-46(40)37-17-8-10-20-42(37)48-43)25-26-35(38)32-23-22-31-24-27-44-45(39(31)28-32)36-16-7-9-19-41(36)49-44/h1-29H. The van der Waals surface area contributed by atoms with Crippen molar-refractivity contribution < 1.29 is 8.83 Å². The average Bonchev–Trinajstić information content (AvgIpc) is 3.75. The Morgan fingerprint density at radius 2 is 0.980 bits per heavy atom. The number of furan rings is 2. The quantitative estimate of drug-likeness (QED) is 0.190. The minimum Gasteiger partial charge on any atom is -0.456 e. The zero-order valence-corrected chi connectivity index (χ0v) is 26.5. The predicted octanol–water partition coefficient (Wildman–Crippen LogP) is 13.4. The van der Waals surface area contributed by atoms with Crippen molar-refractivity contribution in [1.29, 1.82) is 0 Å². The van der Waals surface area contributed by atoms with Crippen molar-refractivity contribution in [3.05, 3.63) is 176 Å². The molecule has 10 aromatic rings. The Bertz CT molecular complexity index is 2830. The van der Waals surface area contributed by atoms with Gasteiger partial charge in [-0.15, -0.1) is 0 Å². The molecule has 0 aliphatic carbocycles. The molecule has 0 atom stereocenters. The molecule has 0 radical (unpaired) electrons. The van der Waals surface area contributed by atoms with Gasteiger partial charge in [0.25, 0.3) is 0 Å². The van der Waals surface area contributed by atoms with Crippen molar-refractivity contribution in [2.75, 3.05) is 4.90 Å². The summed E-state index contributed by atoms with van der Waals surface area (Å²) in [5.74, 6) is 0. The monoisotopic (exact) mass is 627 g/mol. The maximum Gasteiger partial charge on any atom is 0.137 e. The third kappa shape index (κ3) is 4.44. The molecule has 0 fully saturated rings. The minimum atomic E-state index is 0.869. The van der Waals surface area contributed by atoms with Gasteiger partial charge in [-0.2, -0.15) is 0 Å². The largest absolute Gasteiger partial charge is 0.456 e. The Labute approximate surface area is 282 Å². The number of rotatable bonds is 5. The molecule has 0 aliphatic rings. The second-order valence-corrected chi connectivity index (χ2v) is 12.5. The lowest BCUT2D eigenvalue weighted by molar-refractivity contribution is 0.668. The first-order valence-corrected chi connectivity index (χ1v) is 16.6. The Balaban J connectivity index is 1.22. The van der Waals surface area contributed by atoms with Crippen LogP contribution in [-0.2, 0) is 0 Å². The fourth-order valence-electron chi connectivity index (χ4n) is 7.44. The van der Waals surface area contributed by atoms with Gasteiger partial charge in [0.15, 0.2) is 0 Å². The van der Waals surface area contributed by atoms with E-state index in [1.165, 1.54) is 16.3 Å². The van der Waals surface area contributed by atoms with Gasteiger partial charge in [0, 0.05) is 27.5 Å². The van der Waals surface area contributed by atoms with Crippen LogP contribution in [0.2, 0.25) is 0 Å². The normalized spacial score (nSPS) is 11.7. The van der Waals surface area contributed by atoms with E-state index in [0.29, 0.717) is 0 Å². The molecule has 230 valence electrons. The number of fused-ring (bicyclic) bond motifs is 8. The molecule has 8 aromatic carbocycles. The van der Waals surface area contributed by atoms with Gasteiger partial charge in [0.2, 0.25) is 0 Å². The molecule has 3 nitrogen and oxygen atoms in total. The van der Waals surface area contributed by atoms with E-state index in [0.717, 1.165) is 77.6 Å². The van der Waals surface area contributed by atoms with E-state index in [2.05, 4.69) is 157 Å². The third-order valence-corrected chi connectivity index (χ3v) is 9.65. The lowest BCUT2D eigenvalue weighted by atomic mass is 9.91. The summed E-state index contributed by atoms with van der Waals surface area (Å²) in [7, 11) is 0. The molecule has 0 spiro atoms. The first-order valence-electron chi connectivity index (χ1n) is 16.6. The van der Waals surface area contributed by atoms with Gasteiger partial charge in [0.05, 0.1) is 11.1 Å². The molecule has 2 aromatic heterocycles. The Morgan fingerprint density at radius 1 is 0.347 bits per heavy atom. The van der Waals surface area contributed by atoms with Crippen LogP contribution in [0.25, 0.3) is 76.9 Å². The fraction of sp³-hybridized carbons (Fsp3) is 0. The molecule has 2 heterocycles. The van der Waals surface area contributed by atoms with Crippen molar-refractivity contribution in [1.82, 2.24) is 0 Å². The van der Waals surface area contributed by atoms with E-state index in [9.17, 15) is 0 Å². The molecule has 0 saturated carbocycles. The zero-order valence-electron chi connectivity index (χ0n) is 26.5. The van der Waals surface area contributed by atoms with Crippen LogP contribution in [0.15, 0.2) is 185 Å². The highest BCUT2D eigenvalue weighted by atomic mass is 16.3. The van der Waals surface area contributed by atoms with Gasteiger partial charge in [-0.25, -0.2) is 0 Å². The highest BCUT2D eigenvalue weighted by molar-refractivity contribution is 6.19. The summed E-state index contributed by atoms with van der Waals surface area (Å²) in [6.07, 6.45) is 0. The second-order valence-electron chi connectivity index (χ2n) is 12.5. The van der Waals surface area contributed by atoms with E-state index < -0.39 is 0 Å². The third-order valence-electron chi connectivity index (χ3n) is 9.65. The summed E-state index contributed by atoms with van der Waals surface area (Å²) in [5.41, 5.74) is 11.4. The minimum absolute atomic E-state index is 0.869. The lowest BCUT2D eigenvalue weighted by Gasteiger charge is -2.27. The molecule has 0 bridgehead atoms. The number of anilines is 3. The van der Waals surface area contributed by atoms with Gasteiger partial charge in [-0.1, -0.05) is 115 Å². The Hall–Kier alpha value is -6.58. The molecule has 0 saturated heterocycles. The summed E-state index contributed by atoms with van der Waals surface area (Å²) in [6.45, 7) is 0. The summed E-state index contributed by atoms with van der Waals surface area (Å²) in [6, 6.07) is 62.1. The van der Waals surface area contributed by atoms with Gasteiger partial charge in [-0.05, 0) is 93.7 Å². The average molecular weight is 628 g/mol. The van der Waals surface area contributed by atoms with Crippen molar-refractivity contribution in [3.63, 3.8) is 0 Å². The summed E-state index contributed by atoms with van der Waals surface area (Å²) < 4.78 is 12.6. The maximum absolute atomic E-state index is 6.34. The van der Waals surface area contributed by atoms with Crippen LogP contribution in [0.1, 0.15) is 0 Å². The molecule has 0 aliphatic heterocycles. The molecule has 10 rings (SSSR count). The van der Waals surface area contributed by atoms with Crippen LogP contribution in [0.3, 0.4) is 0 Å². The second kappa shape index (κ2) is 11.0. The van der Waals surface area contributed by atoms with Crippen molar-refractivity contribution in [3.8, 4) is 22.3 Å². The van der Waals surface area contributed by atoms with E-state index in [1.807, 2.05) is 24.3 Å². The van der Waals surface area contributed by atoms with Gasteiger partial charge in [0.1, 0.15) is 22.3 Å². The molecule has 3 heteroatoms. The van der Waals surface area contributed by atoms with E-state index >= 15 is 0 Å². The number of hydrogen-bond acceptors (Lipinski definition) is 3. The first-order chi connectivity index (χ1) is 24.3. The van der Waals surface area contributed by atoms with Crippen molar-refractivity contribution in [2.45, 2.75) is 0 Å². The van der Waals surface area contributed by atoms with Gasteiger partial charge >= 0.3 is 0 Å². The molecular formula is C46H29NO2. The molecule has 0 N–H and O–H groups in total. The zero-order chi connectivity index (χ0) is 32.3. The van der Waals surface area contributed by atoms with Crippen molar-refractivity contribution in [2.24, 2.45) is 0 Å². The lowest BCUT2D eigenvalue weighted by Crippen LogP contribution is -2.10. The van der Waals surface area contributed by atoms with Gasteiger partial charge < -0.3 is 13.7 Å². The van der Waals surface area contributed by atoms with E-state index in [4.69, 9.17) is 8.83 Å². The van der Waals surface area contributed by atoms with Crippen LogP contribution in [0, 0.1) is 0 Å². The number of hydrogen-bond donors (Lipinski definition) is 0. The molecule has 0 amide bonds. The maximum atomic E-state index is 6.34. The predicted molar refractivity (Wildman–Crippen MR) is 204 cm³/mol. The smallest absolute Gasteiger partial charge is 0.137 e. The molecule has 0 unspecified atom stereocenters. The van der Waals surface area contributed by atoms with Crippen LogP contribution in [0.4, 0.5) is 17.1 Å².